The molecule has 0 bridgehead atoms. The third-order valence-electron chi connectivity index (χ3n) is 5.35. The lowest BCUT2D eigenvalue weighted by Crippen LogP contribution is -2.35. The van der Waals surface area contributed by atoms with Gasteiger partial charge in [0.15, 0.2) is 5.75 Å². The van der Waals surface area contributed by atoms with Crippen molar-refractivity contribution in [2.75, 3.05) is 24.5 Å². The standard InChI is InChI=1S/C24H31N3O3/c1-16(2)20-7-10-24(30-26-18(4)29)23(13-20)19-5-8-22(9-6-19)27-12-11-21(15-27)25-14-17(3)28/h5-10,13,16,21,25H,11-12,14-15H2,1-4H3,(H,26,29). The molecular weight excluding hydrogens is 378 g/mol. The molecule has 1 fully saturated rings. The number of anilines is 1. The highest BCUT2D eigenvalue weighted by Crippen LogP contribution is 2.34. The zero-order valence-corrected chi connectivity index (χ0v) is 18.2. The van der Waals surface area contributed by atoms with E-state index in [1.165, 1.54) is 12.5 Å². The van der Waals surface area contributed by atoms with Crippen LogP contribution in [0.4, 0.5) is 5.69 Å². The molecule has 0 aliphatic carbocycles. The van der Waals surface area contributed by atoms with Gasteiger partial charge in [0.1, 0.15) is 5.78 Å². The third-order valence-corrected chi connectivity index (χ3v) is 5.35. The van der Waals surface area contributed by atoms with Gasteiger partial charge in [-0.3, -0.25) is 9.59 Å². The molecule has 0 radical (unpaired) electrons. The number of Topliss-reactive ketones (excluding diaryl/α,β-unsaturated/α-hetero) is 1. The van der Waals surface area contributed by atoms with Crippen molar-refractivity contribution in [1.82, 2.24) is 10.8 Å². The topological polar surface area (TPSA) is 70.7 Å². The quantitative estimate of drug-likeness (QED) is 0.651. The summed E-state index contributed by atoms with van der Waals surface area (Å²) in [6.45, 7) is 9.63. The summed E-state index contributed by atoms with van der Waals surface area (Å²) in [6.07, 6.45) is 1.03. The summed E-state index contributed by atoms with van der Waals surface area (Å²) in [5.74, 6) is 0.934. The molecule has 1 aliphatic heterocycles. The van der Waals surface area contributed by atoms with Crippen LogP contribution in [0, 0.1) is 0 Å². The van der Waals surface area contributed by atoms with Gasteiger partial charge in [-0.05, 0) is 54.7 Å². The van der Waals surface area contributed by atoms with E-state index in [0.29, 0.717) is 24.3 Å². The Morgan fingerprint density at radius 1 is 1.13 bits per heavy atom. The van der Waals surface area contributed by atoms with Crippen LogP contribution in [-0.2, 0) is 9.59 Å². The van der Waals surface area contributed by atoms with Crippen LogP contribution < -0.4 is 20.5 Å². The molecule has 0 aromatic heterocycles. The van der Waals surface area contributed by atoms with E-state index in [4.69, 9.17) is 4.84 Å². The number of ketones is 1. The van der Waals surface area contributed by atoms with Gasteiger partial charge in [0.05, 0.1) is 6.54 Å². The zero-order valence-electron chi connectivity index (χ0n) is 18.2. The molecule has 0 saturated carbocycles. The molecule has 2 aromatic carbocycles. The average Bonchev–Trinajstić information content (AvgIpc) is 3.19. The molecule has 6 nitrogen and oxygen atoms in total. The Kier molecular flexibility index (Phi) is 7.11. The van der Waals surface area contributed by atoms with Gasteiger partial charge in [0.2, 0.25) is 5.91 Å². The number of benzene rings is 2. The van der Waals surface area contributed by atoms with Gasteiger partial charge in [-0.2, -0.15) is 5.48 Å². The number of hydrogen-bond donors (Lipinski definition) is 2. The molecule has 3 rings (SSSR count). The van der Waals surface area contributed by atoms with Crippen LogP contribution in [0.25, 0.3) is 11.1 Å². The fourth-order valence-electron chi connectivity index (χ4n) is 3.65. The molecule has 1 amide bonds. The van der Waals surface area contributed by atoms with E-state index in [1.807, 2.05) is 12.1 Å². The Balaban J connectivity index is 1.77. The smallest absolute Gasteiger partial charge is 0.249 e. The van der Waals surface area contributed by atoms with E-state index in [9.17, 15) is 9.59 Å². The normalized spacial score (nSPS) is 16.0. The summed E-state index contributed by atoms with van der Waals surface area (Å²) in [7, 11) is 0. The van der Waals surface area contributed by atoms with E-state index in [1.54, 1.807) is 6.92 Å². The first-order valence-electron chi connectivity index (χ1n) is 10.5. The van der Waals surface area contributed by atoms with E-state index in [0.717, 1.165) is 36.3 Å². The molecule has 2 N–H and O–H groups in total. The van der Waals surface area contributed by atoms with Crippen molar-refractivity contribution < 1.29 is 14.4 Å². The number of carbonyl (C=O) groups is 2. The first-order valence-corrected chi connectivity index (χ1v) is 10.5. The lowest BCUT2D eigenvalue weighted by molar-refractivity contribution is -0.125. The largest absolute Gasteiger partial charge is 0.379 e. The summed E-state index contributed by atoms with van der Waals surface area (Å²) in [5.41, 5.74) is 6.78. The number of rotatable bonds is 8. The van der Waals surface area contributed by atoms with Crippen molar-refractivity contribution in [1.29, 1.82) is 0 Å². The molecule has 1 atom stereocenters. The fraction of sp³-hybridized carbons (Fsp3) is 0.417. The Labute approximate surface area is 178 Å². The average molecular weight is 410 g/mol. The SMILES string of the molecule is CC(=O)CNC1CCN(c2ccc(-c3cc(C(C)C)ccc3ONC(C)=O)cc2)C1. The van der Waals surface area contributed by atoms with Crippen LogP contribution in [0.3, 0.4) is 0 Å². The van der Waals surface area contributed by atoms with Crippen molar-refractivity contribution in [3.63, 3.8) is 0 Å². The van der Waals surface area contributed by atoms with Gasteiger partial charge in [-0.15, -0.1) is 0 Å². The Morgan fingerprint density at radius 2 is 1.87 bits per heavy atom. The highest BCUT2D eigenvalue weighted by molar-refractivity contribution is 5.77. The molecule has 160 valence electrons. The summed E-state index contributed by atoms with van der Waals surface area (Å²) < 4.78 is 0. The highest BCUT2D eigenvalue weighted by atomic mass is 16.7. The monoisotopic (exact) mass is 409 g/mol. The number of nitrogens with zero attached hydrogens (tertiary/aromatic N) is 1. The first kappa shape index (κ1) is 21.8. The van der Waals surface area contributed by atoms with Gasteiger partial charge in [-0.25, -0.2) is 0 Å². The van der Waals surface area contributed by atoms with Crippen LogP contribution in [0.15, 0.2) is 42.5 Å². The number of hydroxylamine groups is 1. The van der Waals surface area contributed by atoms with Gasteiger partial charge < -0.3 is 15.1 Å². The predicted molar refractivity (Wildman–Crippen MR) is 120 cm³/mol. The summed E-state index contributed by atoms with van der Waals surface area (Å²) in [4.78, 5) is 30.3. The van der Waals surface area contributed by atoms with Crippen molar-refractivity contribution in [3.05, 3.63) is 48.0 Å². The predicted octanol–water partition coefficient (Wildman–Crippen LogP) is 3.66. The van der Waals surface area contributed by atoms with Crippen molar-refractivity contribution in [3.8, 4) is 16.9 Å². The van der Waals surface area contributed by atoms with Crippen LogP contribution in [-0.4, -0.2) is 37.4 Å². The van der Waals surface area contributed by atoms with Gasteiger partial charge in [0, 0.05) is 37.3 Å². The molecule has 1 unspecified atom stereocenters. The van der Waals surface area contributed by atoms with Gasteiger partial charge >= 0.3 is 0 Å². The minimum absolute atomic E-state index is 0.165. The van der Waals surface area contributed by atoms with Crippen LogP contribution in [0.1, 0.15) is 45.6 Å². The number of hydrogen-bond acceptors (Lipinski definition) is 5. The second-order valence-electron chi connectivity index (χ2n) is 8.23. The molecular formula is C24H31N3O3. The summed E-state index contributed by atoms with van der Waals surface area (Å²) >= 11 is 0. The lowest BCUT2D eigenvalue weighted by atomic mass is 9.96. The van der Waals surface area contributed by atoms with E-state index in [-0.39, 0.29) is 11.7 Å². The van der Waals surface area contributed by atoms with Crippen LogP contribution in [0.5, 0.6) is 5.75 Å². The maximum absolute atomic E-state index is 11.3. The lowest BCUT2D eigenvalue weighted by Gasteiger charge is -2.20. The maximum Gasteiger partial charge on any atom is 0.249 e. The number of carbonyl (C=O) groups excluding carboxylic acids is 2. The fourth-order valence-corrected chi connectivity index (χ4v) is 3.65. The summed E-state index contributed by atoms with van der Waals surface area (Å²) in [5, 5.41) is 3.32. The molecule has 1 saturated heterocycles. The van der Waals surface area contributed by atoms with E-state index in [2.05, 4.69) is 59.9 Å². The maximum atomic E-state index is 11.3. The van der Waals surface area contributed by atoms with E-state index >= 15 is 0 Å². The molecule has 30 heavy (non-hydrogen) atoms. The second kappa shape index (κ2) is 9.76. The molecule has 1 aliphatic rings. The Bertz CT molecular complexity index is 893. The molecule has 1 heterocycles. The highest BCUT2D eigenvalue weighted by Gasteiger charge is 2.22. The number of amides is 1. The zero-order chi connectivity index (χ0) is 21.7. The summed E-state index contributed by atoms with van der Waals surface area (Å²) in [6, 6.07) is 14.8. The van der Waals surface area contributed by atoms with E-state index < -0.39 is 0 Å². The Morgan fingerprint density at radius 3 is 2.50 bits per heavy atom. The first-order chi connectivity index (χ1) is 14.3. The Hall–Kier alpha value is -2.86. The van der Waals surface area contributed by atoms with Gasteiger partial charge in [0.25, 0.3) is 0 Å². The molecule has 2 aromatic rings. The minimum Gasteiger partial charge on any atom is -0.379 e. The van der Waals surface area contributed by atoms with Crippen LogP contribution in [0.2, 0.25) is 0 Å². The van der Waals surface area contributed by atoms with Crippen LogP contribution >= 0.6 is 0 Å². The van der Waals surface area contributed by atoms with Crippen molar-refractivity contribution in [2.24, 2.45) is 0 Å². The van der Waals surface area contributed by atoms with Gasteiger partial charge in [-0.1, -0.05) is 32.0 Å². The third kappa shape index (κ3) is 5.60. The molecule has 0 spiro atoms. The minimum atomic E-state index is -0.244. The van der Waals surface area contributed by atoms with Crippen molar-refractivity contribution in [2.45, 2.75) is 46.1 Å². The molecule has 6 heteroatoms. The second-order valence-corrected chi connectivity index (χ2v) is 8.23. The van der Waals surface area contributed by atoms with Crippen molar-refractivity contribution >= 4 is 17.4 Å². The number of nitrogens with one attached hydrogen (secondary N) is 2.